The summed E-state index contributed by atoms with van der Waals surface area (Å²) < 4.78 is 0. The minimum absolute atomic E-state index is 0.0591. The summed E-state index contributed by atoms with van der Waals surface area (Å²) in [6, 6.07) is 8.35. The number of carbonyl (C=O) groups is 1. The number of aliphatic hydroxyl groups is 2. The summed E-state index contributed by atoms with van der Waals surface area (Å²) in [4.78, 5) is 17.9. The number of hydrogen-bond donors (Lipinski definition) is 4. The fourth-order valence-electron chi connectivity index (χ4n) is 11.5. The van der Waals surface area contributed by atoms with Gasteiger partial charge in [-0.25, -0.2) is 0 Å². The van der Waals surface area contributed by atoms with E-state index in [4.69, 9.17) is 16.7 Å². The van der Waals surface area contributed by atoms with Crippen molar-refractivity contribution in [2.45, 2.75) is 137 Å². The zero-order chi connectivity index (χ0) is 36.2. The fourth-order valence-corrected chi connectivity index (χ4v) is 11.6. The molecule has 11 atom stereocenters. The Kier molecular flexibility index (Phi) is 13.2. The van der Waals surface area contributed by atoms with Gasteiger partial charge in [0.05, 0.1) is 17.7 Å². The van der Waals surface area contributed by atoms with E-state index in [-0.39, 0.29) is 29.5 Å². The van der Waals surface area contributed by atoms with Crippen molar-refractivity contribution >= 4 is 34.2 Å². The van der Waals surface area contributed by atoms with Crippen LogP contribution in [0.5, 0.6) is 0 Å². The number of pyridine rings is 1. The molecule has 7 nitrogen and oxygen atoms in total. The van der Waals surface area contributed by atoms with Crippen LogP contribution in [0.3, 0.4) is 0 Å². The van der Waals surface area contributed by atoms with Crippen LogP contribution in [-0.4, -0.2) is 69.1 Å². The molecule has 0 aliphatic heterocycles. The molecule has 4 fully saturated rings. The van der Waals surface area contributed by atoms with Crippen molar-refractivity contribution in [3.8, 4) is 0 Å². The lowest BCUT2D eigenvalue weighted by Gasteiger charge is -2.62. The van der Waals surface area contributed by atoms with Crippen LogP contribution in [-0.2, 0) is 4.79 Å². The zero-order valence-electron chi connectivity index (χ0n) is 31.7. The Balaban J connectivity index is 0.000000201. The Morgan fingerprint density at radius 2 is 1.78 bits per heavy atom. The number of carboxylic acids is 1. The maximum atomic E-state index is 11.5. The average Bonchev–Trinajstić information content (AvgIpc) is 3.45. The first-order valence-electron chi connectivity index (χ1n) is 19.9. The van der Waals surface area contributed by atoms with Crippen molar-refractivity contribution in [2.75, 3.05) is 25.0 Å². The van der Waals surface area contributed by atoms with Gasteiger partial charge in [-0.1, -0.05) is 46.2 Å². The molecule has 1 unspecified atom stereocenters. The molecule has 0 amide bonds. The molecule has 1 aromatic heterocycles. The Morgan fingerprint density at radius 3 is 2.50 bits per heavy atom. The van der Waals surface area contributed by atoms with Crippen LogP contribution in [0, 0.1) is 46.3 Å². The van der Waals surface area contributed by atoms with Gasteiger partial charge in [0.25, 0.3) is 0 Å². The second kappa shape index (κ2) is 16.8. The molecular weight excluding hydrogens is 646 g/mol. The Morgan fingerprint density at radius 1 is 1.02 bits per heavy atom. The second-order valence-electron chi connectivity index (χ2n) is 17.0. The van der Waals surface area contributed by atoms with Crippen LogP contribution < -0.4 is 5.32 Å². The van der Waals surface area contributed by atoms with Gasteiger partial charge in [-0.15, -0.1) is 0 Å². The first-order valence-corrected chi connectivity index (χ1v) is 20.3. The molecule has 1 heterocycles. The number of carboxylic acid groups (broad SMARTS) is 1. The number of halogens is 1. The number of fused-ring (bicyclic) bond motifs is 6. The molecule has 0 radical (unpaired) electrons. The van der Waals surface area contributed by atoms with Gasteiger partial charge >= 0.3 is 5.97 Å². The largest absolute Gasteiger partial charge is 0.481 e. The van der Waals surface area contributed by atoms with E-state index in [1.165, 1.54) is 32.2 Å². The number of benzene rings is 1. The highest BCUT2D eigenvalue weighted by Crippen LogP contribution is 2.68. The molecule has 6 rings (SSSR count). The number of hydrogen-bond acceptors (Lipinski definition) is 6. The third-order valence-electron chi connectivity index (χ3n) is 14.4. The van der Waals surface area contributed by atoms with Gasteiger partial charge in [0.15, 0.2) is 0 Å². The van der Waals surface area contributed by atoms with E-state index in [1.807, 2.05) is 30.5 Å². The molecule has 0 spiro atoms. The van der Waals surface area contributed by atoms with Gasteiger partial charge < -0.3 is 25.5 Å². The number of nitrogens with one attached hydrogen (secondary N) is 1. The first-order chi connectivity index (χ1) is 23.8. The van der Waals surface area contributed by atoms with E-state index in [2.05, 4.69) is 56.7 Å². The quantitative estimate of drug-likeness (QED) is 0.174. The molecule has 8 heteroatoms. The maximum absolute atomic E-state index is 11.5. The summed E-state index contributed by atoms with van der Waals surface area (Å²) in [7, 11) is 0. The van der Waals surface area contributed by atoms with Gasteiger partial charge in [-0.3, -0.25) is 9.78 Å². The van der Waals surface area contributed by atoms with Crippen molar-refractivity contribution in [1.82, 2.24) is 9.88 Å². The molecule has 4 aliphatic carbocycles. The van der Waals surface area contributed by atoms with E-state index in [0.717, 1.165) is 79.6 Å². The van der Waals surface area contributed by atoms with Gasteiger partial charge in [0.2, 0.25) is 0 Å². The van der Waals surface area contributed by atoms with Crippen LogP contribution >= 0.6 is 11.6 Å². The van der Waals surface area contributed by atoms with Crippen molar-refractivity contribution in [2.24, 2.45) is 46.3 Å². The molecule has 4 aliphatic rings. The van der Waals surface area contributed by atoms with Crippen molar-refractivity contribution < 1.29 is 20.1 Å². The Labute approximate surface area is 307 Å². The van der Waals surface area contributed by atoms with Crippen LogP contribution in [0.1, 0.15) is 119 Å². The summed E-state index contributed by atoms with van der Waals surface area (Å²) >= 11 is 6.04. The second-order valence-corrected chi connectivity index (χ2v) is 17.5. The molecule has 280 valence electrons. The predicted molar refractivity (Wildman–Crippen MR) is 206 cm³/mol. The zero-order valence-corrected chi connectivity index (χ0v) is 32.5. The van der Waals surface area contributed by atoms with Crippen molar-refractivity contribution in [1.29, 1.82) is 0 Å². The summed E-state index contributed by atoms with van der Waals surface area (Å²) in [6.07, 6.45) is 13.5. The number of aromatic nitrogens is 1. The van der Waals surface area contributed by atoms with Gasteiger partial charge in [-0.2, -0.15) is 0 Å². The molecule has 2 aromatic rings. The lowest BCUT2D eigenvalue weighted by Crippen LogP contribution is -2.58. The third kappa shape index (κ3) is 8.32. The maximum Gasteiger partial charge on any atom is 0.303 e. The van der Waals surface area contributed by atoms with Crippen LogP contribution in [0.15, 0.2) is 30.5 Å². The number of anilines is 1. The minimum atomic E-state index is -0.707. The topological polar surface area (TPSA) is 106 Å². The highest BCUT2D eigenvalue weighted by atomic mass is 35.5. The normalized spacial score (nSPS) is 34.6. The SMILES string of the molecule is CCN(CC)CCCC(C)Nc1ccnc2cc(Cl)ccc12.C[C@H](CCC(=O)O)[C@H]1CC[C@H]2[C@@H]3CC[C@@H]4C[C@H](O)CC[C@]4(C)[C@H]3C[C@H](O)[C@]12C. The molecule has 0 saturated heterocycles. The van der Waals surface area contributed by atoms with E-state index >= 15 is 0 Å². The highest BCUT2D eigenvalue weighted by molar-refractivity contribution is 6.31. The van der Waals surface area contributed by atoms with Crippen molar-refractivity contribution in [3.05, 3.63) is 35.5 Å². The average molecular weight is 712 g/mol. The molecule has 4 saturated carbocycles. The van der Waals surface area contributed by atoms with E-state index in [9.17, 15) is 15.0 Å². The molecule has 4 N–H and O–H groups in total. The summed E-state index contributed by atoms with van der Waals surface area (Å²) in [5.41, 5.74) is 2.29. The van der Waals surface area contributed by atoms with Crippen LogP contribution in [0.4, 0.5) is 5.69 Å². The lowest BCUT2D eigenvalue weighted by atomic mass is 9.43. The molecule has 0 bridgehead atoms. The Bertz CT molecular complexity index is 1420. The fraction of sp³-hybridized carbons (Fsp3) is 0.762. The smallest absolute Gasteiger partial charge is 0.303 e. The minimum Gasteiger partial charge on any atom is -0.481 e. The summed E-state index contributed by atoms with van der Waals surface area (Å²) in [5.74, 6) is 2.55. The Hall–Kier alpha value is -1.93. The first kappa shape index (κ1) is 39.3. The van der Waals surface area contributed by atoms with Crippen LogP contribution in [0.2, 0.25) is 5.02 Å². The standard InChI is InChI=1S/C24H40O4.C18H26ClN3/c1-14(4-9-22(27)28)18-7-8-19-17-6-5-15-12-16(25)10-11-23(15,2)20(17)13-21(26)24(18,19)3;1-4-22(5-2)12-6-7-14(3)21-17-10-11-20-18-13-15(19)8-9-16(17)18/h14-21,25-26H,4-13H2,1-3H3,(H,27,28);8-11,13-14H,4-7,12H2,1-3H3,(H,20,21)/t14-,15-,16-,17+,18-,19+,20+,21+,23+,24-;/m1./s1. The van der Waals surface area contributed by atoms with Crippen molar-refractivity contribution in [3.63, 3.8) is 0 Å². The molecular formula is C42H66ClN3O4. The predicted octanol–water partition coefficient (Wildman–Crippen LogP) is 9.29. The highest BCUT2D eigenvalue weighted by Gasteiger charge is 2.63. The van der Waals surface area contributed by atoms with Gasteiger partial charge in [0, 0.05) is 34.8 Å². The van der Waals surface area contributed by atoms with Gasteiger partial charge in [0.1, 0.15) is 0 Å². The summed E-state index contributed by atoms with van der Waals surface area (Å²) in [6.45, 7) is 17.1. The molecule has 50 heavy (non-hydrogen) atoms. The monoisotopic (exact) mass is 711 g/mol. The summed E-state index contributed by atoms with van der Waals surface area (Å²) in [5, 5.41) is 36.2. The number of rotatable bonds is 12. The lowest BCUT2D eigenvalue weighted by molar-refractivity contribution is -0.175. The number of nitrogens with zero attached hydrogens (tertiary/aromatic N) is 2. The van der Waals surface area contributed by atoms with E-state index in [0.29, 0.717) is 41.5 Å². The number of aliphatic carboxylic acids is 1. The number of aliphatic hydroxyl groups excluding tert-OH is 2. The third-order valence-corrected chi connectivity index (χ3v) is 14.7. The van der Waals surface area contributed by atoms with Crippen LogP contribution in [0.25, 0.3) is 10.9 Å². The van der Waals surface area contributed by atoms with E-state index in [1.54, 1.807) is 0 Å². The molecule has 1 aromatic carbocycles. The van der Waals surface area contributed by atoms with Gasteiger partial charge in [-0.05, 0) is 168 Å². The van der Waals surface area contributed by atoms with E-state index < -0.39 is 5.97 Å².